The number of aliphatic imine (C=N–C) groups is 1. The van der Waals surface area contributed by atoms with Gasteiger partial charge in [-0.3, -0.25) is 9.67 Å². The summed E-state index contributed by atoms with van der Waals surface area (Å²) in [6, 6.07) is 10.3. The van der Waals surface area contributed by atoms with E-state index in [0.29, 0.717) is 25.6 Å². The molecule has 1 aromatic carbocycles. The number of nitrogens with zero attached hydrogens (tertiary/aromatic N) is 3. The normalized spacial score (nSPS) is 11.5. The third-order valence-corrected chi connectivity index (χ3v) is 4.45. The summed E-state index contributed by atoms with van der Waals surface area (Å²) >= 11 is 0. The lowest BCUT2D eigenvalue weighted by Crippen LogP contribution is -2.42. The van der Waals surface area contributed by atoms with Crippen molar-refractivity contribution in [3.63, 3.8) is 0 Å². The molecule has 0 aliphatic heterocycles. The second-order valence-corrected chi connectivity index (χ2v) is 8.07. The van der Waals surface area contributed by atoms with Crippen LogP contribution in [0, 0.1) is 13.8 Å². The molecule has 2 aromatic rings. The number of nitrogens with one attached hydrogen (secondary N) is 3. The standard InChI is InChI=1S/C22H34N6O2.HI/c1-16-19(17(2)28(27-16)15-18-10-8-7-9-11-18)14-26-20(23-6)24-12-13-25-21(29)30-22(3,4)5;/h7-11H,12-15H2,1-6H3,(H,25,29)(H2,23,24,26);1H. The van der Waals surface area contributed by atoms with E-state index in [9.17, 15) is 4.79 Å². The molecule has 0 fully saturated rings. The van der Waals surface area contributed by atoms with Gasteiger partial charge in [0.05, 0.1) is 12.2 Å². The molecule has 8 nitrogen and oxygen atoms in total. The van der Waals surface area contributed by atoms with Crippen LogP contribution in [0.15, 0.2) is 35.3 Å². The number of hydrogen-bond donors (Lipinski definition) is 3. The number of carbonyl (C=O) groups is 1. The summed E-state index contributed by atoms with van der Waals surface area (Å²) in [6.07, 6.45) is -0.427. The smallest absolute Gasteiger partial charge is 0.407 e. The Morgan fingerprint density at radius 3 is 2.35 bits per heavy atom. The van der Waals surface area contributed by atoms with Gasteiger partial charge < -0.3 is 20.7 Å². The number of amides is 1. The van der Waals surface area contributed by atoms with Gasteiger partial charge >= 0.3 is 6.09 Å². The number of hydrogen-bond acceptors (Lipinski definition) is 4. The van der Waals surface area contributed by atoms with E-state index in [1.54, 1.807) is 7.05 Å². The molecule has 0 bridgehead atoms. The number of carbonyl (C=O) groups excluding carboxylic acids is 1. The van der Waals surface area contributed by atoms with Gasteiger partial charge in [-0.05, 0) is 40.2 Å². The third kappa shape index (κ3) is 9.16. The van der Waals surface area contributed by atoms with Gasteiger partial charge in [0.15, 0.2) is 5.96 Å². The quantitative estimate of drug-likeness (QED) is 0.216. The SMILES string of the molecule is CN=C(NCCNC(=O)OC(C)(C)C)NCc1c(C)nn(Cc2ccccc2)c1C.I. The molecule has 1 heterocycles. The molecule has 1 aromatic heterocycles. The molecule has 0 saturated heterocycles. The van der Waals surface area contributed by atoms with Crippen LogP contribution in [0.3, 0.4) is 0 Å². The first-order valence-corrected chi connectivity index (χ1v) is 10.2. The van der Waals surface area contributed by atoms with Crippen LogP contribution in [0.4, 0.5) is 4.79 Å². The first-order valence-electron chi connectivity index (χ1n) is 10.2. The summed E-state index contributed by atoms with van der Waals surface area (Å²) < 4.78 is 7.25. The Labute approximate surface area is 202 Å². The van der Waals surface area contributed by atoms with Crippen molar-refractivity contribution in [1.29, 1.82) is 0 Å². The zero-order valence-corrected chi connectivity index (χ0v) is 21.6. The van der Waals surface area contributed by atoms with Crippen LogP contribution in [-0.4, -0.2) is 47.6 Å². The van der Waals surface area contributed by atoms with E-state index in [2.05, 4.69) is 45.1 Å². The molecule has 1 amide bonds. The van der Waals surface area contributed by atoms with Crippen LogP contribution in [0.5, 0.6) is 0 Å². The predicted octanol–water partition coefficient (Wildman–Crippen LogP) is 3.36. The van der Waals surface area contributed by atoms with Gasteiger partial charge in [-0.2, -0.15) is 5.10 Å². The van der Waals surface area contributed by atoms with Crippen LogP contribution in [0.25, 0.3) is 0 Å². The molecule has 9 heteroatoms. The van der Waals surface area contributed by atoms with Gasteiger partial charge in [-0.25, -0.2) is 4.79 Å². The highest BCUT2D eigenvalue weighted by Gasteiger charge is 2.15. The van der Waals surface area contributed by atoms with Crippen molar-refractivity contribution in [3.05, 3.63) is 52.8 Å². The molecule has 0 unspecified atom stereocenters. The second-order valence-electron chi connectivity index (χ2n) is 8.07. The van der Waals surface area contributed by atoms with Crippen molar-refractivity contribution in [2.24, 2.45) is 4.99 Å². The molecule has 0 aliphatic rings. The highest BCUT2D eigenvalue weighted by Crippen LogP contribution is 2.14. The average molecular weight is 542 g/mol. The third-order valence-electron chi connectivity index (χ3n) is 4.45. The summed E-state index contributed by atoms with van der Waals surface area (Å²) in [5.41, 5.74) is 4.00. The van der Waals surface area contributed by atoms with E-state index in [4.69, 9.17) is 4.74 Å². The van der Waals surface area contributed by atoms with Gasteiger partial charge in [0.1, 0.15) is 5.60 Å². The monoisotopic (exact) mass is 542 g/mol. The second kappa shape index (κ2) is 12.5. The van der Waals surface area contributed by atoms with Crippen LogP contribution >= 0.6 is 24.0 Å². The molecular weight excluding hydrogens is 507 g/mol. The first-order chi connectivity index (χ1) is 14.2. The van der Waals surface area contributed by atoms with Gasteiger partial charge in [0, 0.05) is 37.9 Å². The number of rotatable bonds is 7. The van der Waals surface area contributed by atoms with Crippen molar-refractivity contribution in [2.45, 2.75) is 53.3 Å². The van der Waals surface area contributed by atoms with Crippen molar-refractivity contribution in [3.8, 4) is 0 Å². The van der Waals surface area contributed by atoms with Crippen molar-refractivity contribution in [1.82, 2.24) is 25.7 Å². The number of guanidine groups is 1. The maximum absolute atomic E-state index is 11.7. The molecule has 2 rings (SSSR count). The molecule has 3 N–H and O–H groups in total. The lowest BCUT2D eigenvalue weighted by molar-refractivity contribution is 0.0529. The minimum atomic E-state index is -0.504. The number of alkyl carbamates (subject to hydrolysis) is 1. The van der Waals surface area contributed by atoms with E-state index in [-0.39, 0.29) is 24.0 Å². The van der Waals surface area contributed by atoms with E-state index >= 15 is 0 Å². The summed E-state index contributed by atoms with van der Waals surface area (Å²) in [4.78, 5) is 15.9. The Balaban J connectivity index is 0.00000480. The highest BCUT2D eigenvalue weighted by molar-refractivity contribution is 14.0. The Bertz CT molecular complexity index is 859. The van der Waals surface area contributed by atoms with Crippen molar-refractivity contribution >= 4 is 36.0 Å². The molecule has 31 heavy (non-hydrogen) atoms. The Morgan fingerprint density at radius 1 is 1.10 bits per heavy atom. The summed E-state index contributed by atoms with van der Waals surface area (Å²) in [6.45, 7) is 11.9. The number of aromatic nitrogens is 2. The first kappa shape index (κ1) is 26.7. The van der Waals surface area contributed by atoms with Gasteiger partial charge in [0.25, 0.3) is 0 Å². The Hall–Kier alpha value is -2.30. The molecule has 0 aliphatic carbocycles. The minimum Gasteiger partial charge on any atom is -0.444 e. The molecule has 0 spiro atoms. The molecular formula is C22H35IN6O2. The highest BCUT2D eigenvalue weighted by atomic mass is 127. The maximum atomic E-state index is 11.7. The predicted molar refractivity (Wildman–Crippen MR) is 135 cm³/mol. The summed E-state index contributed by atoms with van der Waals surface area (Å²) in [5, 5.41) is 13.9. The van der Waals surface area contributed by atoms with Crippen LogP contribution in [0.1, 0.15) is 43.3 Å². The Morgan fingerprint density at radius 2 is 1.74 bits per heavy atom. The average Bonchev–Trinajstić information content (AvgIpc) is 2.94. The fourth-order valence-corrected chi connectivity index (χ4v) is 2.95. The van der Waals surface area contributed by atoms with Crippen LogP contribution in [0.2, 0.25) is 0 Å². The van der Waals surface area contributed by atoms with Crippen molar-refractivity contribution in [2.75, 3.05) is 20.1 Å². The number of benzene rings is 1. The lowest BCUT2D eigenvalue weighted by atomic mass is 10.2. The topological polar surface area (TPSA) is 92.6 Å². The van der Waals surface area contributed by atoms with E-state index < -0.39 is 11.7 Å². The molecule has 0 saturated carbocycles. The number of ether oxygens (including phenoxy) is 1. The maximum Gasteiger partial charge on any atom is 0.407 e. The largest absolute Gasteiger partial charge is 0.444 e. The molecule has 0 radical (unpaired) electrons. The zero-order chi connectivity index (χ0) is 22.1. The van der Waals surface area contributed by atoms with Crippen LogP contribution < -0.4 is 16.0 Å². The van der Waals surface area contributed by atoms with E-state index in [0.717, 1.165) is 23.5 Å². The molecule has 0 atom stereocenters. The van der Waals surface area contributed by atoms with E-state index in [1.807, 2.05) is 50.6 Å². The fraction of sp³-hybridized carbons (Fsp3) is 0.500. The van der Waals surface area contributed by atoms with Gasteiger partial charge in [-0.15, -0.1) is 24.0 Å². The van der Waals surface area contributed by atoms with Gasteiger partial charge in [-0.1, -0.05) is 30.3 Å². The van der Waals surface area contributed by atoms with Gasteiger partial charge in [0.2, 0.25) is 0 Å². The summed E-state index contributed by atoms with van der Waals surface area (Å²) in [7, 11) is 1.72. The number of halogens is 1. The fourth-order valence-electron chi connectivity index (χ4n) is 2.95. The lowest BCUT2D eigenvalue weighted by Gasteiger charge is -2.20. The number of aryl methyl sites for hydroxylation is 1. The zero-order valence-electron chi connectivity index (χ0n) is 19.3. The van der Waals surface area contributed by atoms with Crippen LogP contribution in [-0.2, 0) is 17.8 Å². The minimum absolute atomic E-state index is 0. The molecule has 172 valence electrons. The Kier molecular flexibility index (Phi) is 10.8. The van der Waals surface area contributed by atoms with E-state index in [1.165, 1.54) is 5.56 Å². The summed E-state index contributed by atoms with van der Waals surface area (Å²) in [5.74, 6) is 0.663. The van der Waals surface area contributed by atoms with Crippen molar-refractivity contribution < 1.29 is 9.53 Å².